The lowest BCUT2D eigenvalue weighted by Crippen LogP contribution is -2.18. The molecule has 7 nitrogen and oxygen atoms in total. The van der Waals surface area contributed by atoms with Gasteiger partial charge in [0.1, 0.15) is 5.56 Å². The van der Waals surface area contributed by atoms with Crippen LogP contribution in [-0.4, -0.2) is 21.1 Å². The number of hydrogen-bond acceptors (Lipinski definition) is 6. The quantitative estimate of drug-likeness (QED) is 0.665. The van der Waals surface area contributed by atoms with Crippen LogP contribution in [0, 0.1) is 17.0 Å². The van der Waals surface area contributed by atoms with Crippen LogP contribution in [0.15, 0.2) is 22.7 Å². The maximum atomic E-state index is 11.0. The minimum absolute atomic E-state index is 0.0454. The molecular formula is C12H14N4O3. The molecule has 19 heavy (non-hydrogen) atoms. The molecule has 0 amide bonds. The molecule has 1 aromatic heterocycles. The number of nitrogens with zero attached hydrogens (tertiary/aromatic N) is 3. The minimum Gasteiger partial charge on any atom is -0.334 e. The number of aromatic nitrogens is 2. The summed E-state index contributed by atoms with van der Waals surface area (Å²) in [7, 11) is 0. The highest BCUT2D eigenvalue weighted by Gasteiger charge is 2.22. The van der Waals surface area contributed by atoms with Crippen molar-refractivity contribution in [2.45, 2.75) is 26.3 Å². The summed E-state index contributed by atoms with van der Waals surface area (Å²) in [5, 5.41) is 14.8. The van der Waals surface area contributed by atoms with E-state index in [-0.39, 0.29) is 17.6 Å². The SMILES string of the molecule is Cc1cccc([N+](=O)[O-])c1-c1nc(CC(C)N)no1. The second-order valence-corrected chi connectivity index (χ2v) is 4.42. The number of benzene rings is 1. The van der Waals surface area contributed by atoms with E-state index in [1.165, 1.54) is 6.07 Å². The second kappa shape index (κ2) is 5.15. The Bertz CT molecular complexity index is 607. The van der Waals surface area contributed by atoms with E-state index in [0.717, 1.165) is 0 Å². The van der Waals surface area contributed by atoms with Crippen LogP contribution in [0.3, 0.4) is 0 Å². The molecule has 0 saturated carbocycles. The van der Waals surface area contributed by atoms with Crippen molar-refractivity contribution in [3.8, 4) is 11.5 Å². The molecule has 100 valence electrons. The van der Waals surface area contributed by atoms with Crippen molar-refractivity contribution in [3.63, 3.8) is 0 Å². The standard InChI is InChI=1S/C12H14N4O3/c1-7-4-3-5-9(16(17)18)11(7)12-14-10(15-19-12)6-8(2)13/h3-5,8H,6,13H2,1-2H3. The smallest absolute Gasteiger partial charge is 0.282 e. The predicted molar refractivity (Wildman–Crippen MR) is 68.5 cm³/mol. The second-order valence-electron chi connectivity index (χ2n) is 4.42. The third kappa shape index (κ3) is 2.76. The van der Waals surface area contributed by atoms with Crippen molar-refractivity contribution in [2.75, 3.05) is 0 Å². The van der Waals surface area contributed by atoms with Crippen LogP contribution in [0.1, 0.15) is 18.3 Å². The van der Waals surface area contributed by atoms with Crippen molar-refractivity contribution >= 4 is 5.69 Å². The highest BCUT2D eigenvalue weighted by atomic mass is 16.6. The summed E-state index contributed by atoms with van der Waals surface area (Å²) in [5.41, 5.74) is 6.68. The van der Waals surface area contributed by atoms with E-state index in [2.05, 4.69) is 10.1 Å². The summed E-state index contributed by atoms with van der Waals surface area (Å²) in [6, 6.07) is 4.70. The van der Waals surface area contributed by atoms with Crippen molar-refractivity contribution in [2.24, 2.45) is 5.73 Å². The molecule has 0 spiro atoms. The van der Waals surface area contributed by atoms with Gasteiger partial charge in [-0.1, -0.05) is 17.3 Å². The molecule has 0 aliphatic heterocycles. The van der Waals surface area contributed by atoms with Gasteiger partial charge in [-0.05, 0) is 19.4 Å². The van der Waals surface area contributed by atoms with E-state index in [1.807, 2.05) is 6.92 Å². The molecule has 7 heteroatoms. The van der Waals surface area contributed by atoms with E-state index >= 15 is 0 Å². The number of nitro benzene ring substituents is 1. The lowest BCUT2D eigenvalue weighted by Gasteiger charge is -2.01. The van der Waals surface area contributed by atoms with Gasteiger partial charge in [0.2, 0.25) is 0 Å². The lowest BCUT2D eigenvalue weighted by atomic mass is 10.1. The molecular weight excluding hydrogens is 248 g/mol. The van der Waals surface area contributed by atoms with Gasteiger partial charge in [0.15, 0.2) is 5.82 Å². The maximum Gasteiger partial charge on any atom is 0.282 e. The van der Waals surface area contributed by atoms with Crippen molar-refractivity contribution in [1.82, 2.24) is 10.1 Å². The zero-order valence-electron chi connectivity index (χ0n) is 10.7. The lowest BCUT2D eigenvalue weighted by molar-refractivity contribution is -0.384. The molecule has 0 bridgehead atoms. The Morgan fingerprint density at radius 1 is 1.53 bits per heavy atom. The highest BCUT2D eigenvalue weighted by molar-refractivity contribution is 5.70. The molecule has 2 N–H and O–H groups in total. The molecule has 0 aliphatic rings. The van der Waals surface area contributed by atoms with Gasteiger partial charge in [-0.25, -0.2) is 0 Å². The topological polar surface area (TPSA) is 108 Å². The first-order valence-corrected chi connectivity index (χ1v) is 5.81. The Kier molecular flexibility index (Phi) is 3.57. The van der Waals surface area contributed by atoms with E-state index in [0.29, 0.717) is 23.4 Å². The largest absolute Gasteiger partial charge is 0.334 e. The molecule has 0 saturated heterocycles. The first-order chi connectivity index (χ1) is 8.99. The zero-order chi connectivity index (χ0) is 14.0. The molecule has 2 aromatic rings. The number of rotatable bonds is 4. The van der Waals surface area contributed by atoms with Crippen molar-refractivity contribution in [1.29, 1.82) is 0 Å². The van der Waals surface area contributed by atoms with Crippen molar-refractivity contribution < 1.29 is 9.45 Å². The zero-order valence-corrected chi connectivity index (χ0v) is 10.7. The average Bonchev–Trinajstić information content (AvgIpc) is 2.75. The summed E-state index contributed by atoms with van der Waals surface area (Å²) < 4.78 is 5.10. The summed E-state index contributed by atoms with van der Waals surface area (Å²) in [6.07, 6.45) is 0.461. The normalized spacial score (nSPS) is 12.4. The van der Waals surface area contributed by atoms with Crippen LogP contribution < -0.4 is 5.73 Å². The highest BCUT2D eigenvalue weighted by Crippen LogP contribution is 2.31. The molecule has 2 rings (SSSR count). The van der Waals surface area contributed by atoms with Gasteiger partial charge in [-0.3, -0.25) is 10.1 Å². The minimum atomic E-state index is -0.461. The fraction of sp³-hybridized carbons (Fsp3) is 0.333. The Morgan fingerprint density at radius 3 is 2.89 bits per heavy atom. The van der Waals surface area contributed by atoms with E-state index in [1.54, 1.807) is 19.1 Å². The average molecular weight is 262 g/mol. The van der Waals surface area contributed by atoms with Gasteiger partial charge in [0.05, 0.1) is 4.92 Å². The first-order valence-electron chi connectivity index (χ1n) is 5.81. The number of aryl methyl sites for hydroxylation is 1. The van der Waals surface area contributed by atoms with Gasteiger partial charge in [0.25, 0.3) is 11.6 Å². The monoisotopic (exact) mass is 262 g/mol. The van der Waals surface area contributed by atoms with Crippen LogP contribution in [0.2, 0.25) is 0 Å². The molecule has 0 fully saturated rings. The molecule has 1 atom stereocenters. The Labute approximate surface area is 109 Å². The van der Waals surface area contributed by atoms with Gasteiger partial charge in [0, 0.05) is 18.5 Å². The predicted octanol–water partition coefficient (Wildman–Crippen LogP) is 1.84. The summed E-state index contributed by atoms with van der Waals surface area (Å²) in [6.45, 7) is 3.59. The number of hydrogen-bond donors (Lipinski definition) is 1. The molecule has 1 aromatic carbocycles. The van der Waals surface area contributed by atoms with E-state index < -0.39 is 4.92 Å². The van der Waals surface area contributed by atoms with Crippen molar-refractivity contribution in [3.05, 3.63) is 39.7 Å². The summed E-state index contributed by atoms with van der Waals surface area (Å²) in [4.78, 5) is 14.7. The first kappa shape index (κ1) is 13.2. The van der Waals surface area contributed by atoms with Crippen LogP contribution in [-0.2, 0) is 6.42 Å². The number of nitrogens with two attached hydrogens (primary N) is 1. The molecule has 1 unspecified atom stereocenters. The molecule has 0 radical (unpaired) electrons. The van der Waals surface area contributed by atoms with Gasteiger partial charge in [-0.15, -0.1) is 0 Å². The fourth-order valence-electron chi connectivity index (χ4n) is 1.81. The number of nitro groups is 1. The van der Waals surface area contributed by atoms with Crippen LogP contribution in [0.4, 0.5) is 5.69 Å². The van der Waals surface area contributed by atoms with Gasteiger partial charge < -0.3 is 10.3 Å². The van der Waals surface area contributed by atoms with Crippen LogP contribution in [0.5, 0.6) is 0 Å². The third-order valence-electron chi connectivity index (χ3n) is 2.63. The summed E-state index contributed by atoms with van der Waals surface area (Å²) >= 11 is 0. The maximum absolute atomic E-state index is 11.0. The van der Waals surface area contributed by atoms with E-state index in [9.17, 15) is 10.1 Å². The van der Waals surface area contributed by atoms with E-state index in [4.69, 9.17) is 10.3 Å². The van der Waals surface area contributed by atoms with Gasteiger partial charge in [-0.2, -0.15) is 4.98 Å². The fourth-order valence-corrected chi connectivity index (χ4v) is 1.81. The third-order valence-corrected chi connectivity index (χ3v) is 2.63. The van der Waals surface area contributed by atoms with Gasteiger partial charge >= 0.3 is 0 Å². The molecule has 0 aliphatic carbocycles. The van der Waals surface area contributed by atoms with Crippen LogP contribution >= 0.6 is 0 Å². The Morgan fingerprint density at radius 2 is 2.26 bits per heavy atom. The summed E-state index contributed by atoms with van der Waals surface area (Å²) in [5.74, 6) is 0.600. The van der Waals surface area contributed by atoms with Crippen LogP contribution in [0.25, 0.3) is 11.5 Å². The molecule has 1 heterocycles. The Hall–Kier alpha value is -2.28. The Balaban J connectivity index is 2.46.